The summed E-state index contributed by atoms with van der Waals surface area (Å²) in [4.78, 5) is 31.2. The fraction of sp³-hybridized carbons (Fsp3) is 0.100. The summed E-state index contributed by atoms with van der Waals surface area (Å²) < 4.78 is 11.7. The van der Waals surface area contributed by atoms with Crippen LogP contribution in [0.1, 0.15) is 10.8 Å². The van der Waals surface area contributed by atoms with E-state index >= 15 is 0 Å². The number of anilines is 2. The summed E-state index contributed by atoms with van der Waals surface area (Å²) in [5.41, 5.74) is 2.32. The molecular formula is C30H25N3O4S2. The van der Waals surface area contributed by atoms with Crippen LogP contribution in [0, 0.1) is 0 Å². The Balaban J connectivity index is 1.25. The van der Waals surface area contributed by atoms with Gasteiger partial charge >= 0.3 is 0 Å². The topological polar surface area (TPSA) is 89.5 Å². The van der Waals surface area contributed by atoms with Gasteiger partial charge < -0.3 is 20.1 Å². The van der Waals surface area contributed by atoms with E-state index < -0.39 is 5.25 Å². The fourth-order valence-electron chi connectivity index (χ4n) is 3.77. The summed E-state index contributed by atoms with van der Waals surface area (Å²) in [5, 5.41) is 5.84. The van der Waals surface area contributed by atoms with Gasteiger partial charge in [-0.1, -0.05) is 59.9 Å². The zero-order valence-corrected chi connectivity index (χ0v) is 22.6. The highest BCUT2D eigenvalue weighted by atomic mass is 32.2. The molecular weight excluding hydrogens is 530 g/mol. The Bertz CT molecular complexity index is 1560. The van der Waals surface area contributed by atoms with Gasteiger partial charge in [-0.05, 0) is 60.2 Å². The van der Waals surface area contributed by atoms with E-state index in [1.54, 1.807) is 19.2 Å². The predicted octanol–water partition coefficient (Wildman–Crippen LogP) is 6.79. The van der Waals surface area contributed by atoms with Crippen molar-refractivity contribution in [2.75, 3.05) is 24.4 Å². The van der Waals surface area contributed by atoms with Crippen molar-refractivity contribution < 1.29 is 19.1 Å². The van der Waals surface area contributed by atoms with Crippen LogP contribution in [0.2, 0.25) is 0 Å². The summed E-state index contributed by atoms with van der Waals surface area (Å²) in [6.45, 7) is -0.0880. The van der Waals surface area contributed by atoms with Crippen molar-refractivity contribution >= 4 is 55.9 Å². The number of hydrogen-bond donors (Lipinski definition) is 2. The highest BCUT2D eigenvalue weighted by Gasteiger charge is 2.23. The Hall–Kier alpha value is -4.34. The number of benzene rings is 4. The number of amides is 2. The van der Waals surface area contributed by atoms with Crippen LogP contribution >= 0.6 is 23.1 Å². The first-order valence-corrected chi connectivity index (χ1v) is 13.8. The van der Waals surface area contributed by atoms with Crippen molar-refractivity contribution in [2.45, 2.75) is 10.1 Å². The number of nitrogens with one attached hydrogen (secondary N) is 2. The third kappa shape index (κ3) is 6.95. The molecule has 0 spiro atoms. The van der Waals surface area contributed by atoms with Crippen LogP contribution in [0.4, 0.5) is 10.8 Å². The predicted molar refractivity (Wildman–Crippen MR) is 157 cm³/mol. The molecule has 2 N–H and O–H groups in total. The summed E-state index contributed by atoms with van der Waals surface area (Å²) in [7, 11) is 1.62. The van der Waals surface area contributed by atoms with Crippen LogP contribution in [0.25, 0.3) is 10.2 Å². The molecule has 1 aromatic heterocycles. The summed E-state index contributed by atoms with van der Waals surface area (Å²) in [5.74, 6) is 0.946. The van der Waals surface area contributed by atoms with E-state index in [0.717, 1.165) is 26.4 Å². The van der Waals surface area contributed by atoms with E-state index in [2.05, 4.69) is 15.6 Å². The van der Waals surface area contributed by atoms with Crippen LogP contribution in [0.3, 0.4) is 0 Å². The van der Waals surface area contributed by atoms with E-state index in [0.29, 0.717) is 16.6 Å². The number of carbonyl (C=O) groups excluding carboxylic acids is 2. The van der Waals surface area contributed by atoms with Gasteiger partial charge in [0, 0.05) is 10.6 Å². The standard InChI is InChI=1S/C30H25N3O4S2/c1-36-23-14-17-25-26(18-23)39-30(32-25)33-29(35)28(20-8-4-2-5-9-20)38-24-15-12-21(13-16-24)31-27(34)19-37-22-10-6-3-7-11-22/h2-18,28H,19H2,1H3,(H,31,34)(H,32,33,35). The van der Waals surface area contributed by atoms with Crippen molar-refractivity contribution in [1.82, 2.24) is 4.98 Å². The average Bonchev–Trinajstić information content (AvgIpc) is 3.38. The summed E-state index contributed by atoms with van der Waals surface area (Å²) in [6.07, 6.45) is 0. The van der Waals surface area contributed by atoms with Crippen LogP contribution in [0.5, 0.6) is 11.5 Å². The van der Waals surface area contributed by atoms with Crippen molar-refractivity contribution in [3.8, 4) is 11.5 Å². The van der Waals surface area contributed by atoms with Gasteiger partial charge in [-0.25, -0.2) is 4.98 Å². The molecule has 0 aliphatic carbocycles. The fourth-order valence-corrected chi connectivity index (χ4v) is 5.69. The molecule has 2 amide bonds. The van der Waals surface area contributed by atoms with Gasteiger partial charge in [0.05, 0.1) is 17.3 Å². The van der Waals surface area contributed by atoms with Crippen LogP contribution < -0.4 is 20.1 Å². The lowest BCUT2D eigenvalue weighted by Gasteiger charge is -2.16. The average molecular weight is 556 g/mol. The van der Waals surface area contributed by atoms with Gasteiger partial charge in [-0.3, -0.25) is 9.59 Å². The number of thiazole rings is 1. The van der Waals surface area contributed by atoms with Crippen LogP contribution in [-0.2, 0) is 9.59 Å². The molecule has 5 rings (SSSR count). The number of rotatable bonds is 10. The number of nitrogens with zero attached hydrogens (tertiary/aromatic N) is 1. The van der Waals surface area contributed by atoms with Gasteiger partial charge in [0.25, 0.3) is 5.91 Å². The molecule has 5 aromatic rings. The van der Waals surface area contributed by atoms with Crippen molar-refractivity contribution in [2.24, 2.45) is 0 Å². The first kappa shape index (κ1) is 26.3. The molecule has 39 heavy (non-hydrogen) atoms. The number of fused-ring (bicyclic) bond motifs is 1. The molecule has 0 bridgehead atoms. The second-order valence-electron chi connectivity index (χ2n) is 8.42. The monoisotopic (exact) mass is 555 g/mol. The lowest BCUT2D eigenvalue weighted by atomic mass is 10.1. The van der Waals surface area contributed by atoms with Crippen molar-refractivity contribution in [1.29, 1.82) is 0 Å². The molecule has 0 fully saturated rings. The van der Waals surface area contributed by atoms with E-state index in [-0.39, 0.29) is 18.4 Å². The van der Waals surface area contributed by atoms with Gasteiger partial charge in [0.15, 0.2) is 11.7 Å². The number of methoxy groups -OCH3 is 1. The largest absolute Gasteiger partial charge is 0.497 e. The van der Waals surface area contributed by atoms with E-state index in [4.69, 9.17) is 9.47 Å². The lowest BCUT2D eigenvalue weighted by Crippen LogP contribution is -2.20. The Morgan fingerprint density at radius 2 is 1.59 bits per heavy atom. The summed E-state index contributed by atoms with van der Waals surface area (Å²) in [6, 6.07) is 31.8. The second-order valence-corrected chi connectivity index (χ2v) is 10.6. The maximum Gasteiger partial charge on any atom is 0.262 e. The van der Waals surface area contributed by atoms with Gasteiger partial charge in [0.1, 0.15) is 16.7 Å². The third-order valence-electron chi connectivity index (χ3n) is 5.67. The molecule has 4 aromatic carbocycles. The maximum absolute atomic E-state index is 13.5. The van der Waals surface area contributed by atoms with E-state index in [1.165, 1.54) is 23.1 Å². The highest BCUT2D eigenvalue weighted by molar-refractivity contribution is 8.00. The maximum atomic E-state index is 13.5. The molecule has 1 unspecified atom stereocenters. The van der Waals surface area contributed by atoms with E-state index in [1.807, 2.05) is 91.0 Å². The second kappa shape index (κ2) is 12.5. The Morgan fingerprint density at radius 1 is 0.872 bits per heavy atom. The number of ether oxygens (including phenoxy) is 2. The first-order chi connectivity index (χ1) is 19.1. The molecule has 0 aliphatic rings. The minimum absolute atomic E-state index is 0.0880. The zero-order chi connectivity index (χ0) is 27.0. The van der Waals surface area contributed by atoms with Crippen LogP contribution in [-0.4, -0.2) is 30.5 Å². The molecule has 0 aliphatic heterocycles. The number of hydrogen-bond acceptors (Lipinski definition) is 7. The number of carbonyl (C=O) groups is 2. The van der Waals surface area contributed by atoms with Gasteiger partial charge in [-0.15, -0.1) is 11.8 Å². The third-order valence-corrected chi connectivity index (χ3v) is 7.87. The number of thioether (sulfide) groups is 1. The minimum atomic E-state index is -0.507. The van der Waals surface area contributed by atoms with Gasteiger partial charge in [-0.2, -0.15) is 0 Å². The Morgan fingerprint density at radius 3 is 2.31 bits per heavy atom. The number of para-hydroxylation sites is 1. The quantitative estimate of drug-likeness (QED) is 0.184. The molecule has 0 radical (unpaired) electrons. The molecule has 0 saturated heterocycles. The SMILES string of the molecule is COc1ccc2nc(NC(=O)C(Sc3ccc(NC(=O)COc4ccccc4)cc3)c3ccccc3)sc2c1. The number of aromatic nitrogens is 1. The Labute approximate surface area is 234 Å². The lowest BCUT2D eigenvalue weighted by molar-refractivity contribution is -0.118. The first-order valence-electron chi connectivity index (χ1n) is 12.1. The summed E-state index contributed by atoms with van der Waals surface area (Å²) >= 11 is 2.83. The molecule has 196 valence electrons. The Kier molecular flexibility index (Phi) is 8.40. The molecule has 1 heterocycles. The molecule has 9 heteroatoms. The zero-order valence-electron chi connectivity index (χ0n) is 21.0. The molecule has 7 nitrogen and oxygen atoms in total. The van der Waals surface area contributed by atoms with Gasteiger partial charge in [0.2, 0.25) is 5.91 Å². The molecule has 1 atom stereocenters. The van der Waals surface area contributed by atoms with Crippen LogP contribution in [0.15, 0.2) is 108 Å². The normalized spacial score (nSPS) is 11.5. The molecule has 0 saturated carbocycles. The minimum Gasteiger partial charge on any atom is -0.497 e. The highest BCUT2D eigenvalue weighted by Crippen LogP contribution is 2.37. The van der Waals surface area contributed by atoms with Crippen molar-refractivity contribution in [3.63, 3.8) is 0 Å². The van der Waals surface area contributed by atoms with E-state index in [9.17, 15) is 9.59 Å². The van der Waals surface area contributed by atoms with Crippen molar-refractivity contribution in [3.05, 3.63) is 109 Å². The smallest absolute Gasteiger partial charge is 0.262 e.